The van der Waals surface area contributed by atoms with Gasteiger partial charge in [-0.2, -0.15) is 0 Å². The Balaban J connectivity index is 2.85. The summed E-state index contributed by atoms with van der Waals surface area (Å²) in [5.41, 5.74) is 6.52. The summed E-state index contributed by atoms with van der Waals surface area (Å²) in [4.78, 5) is 12.0. The summed E-state index contributed by atoms with van der Waals surface area (Å²) in [5, 5.41) is 2.82. The Morgan fingerprint density at radius 3 is 2.27 bits per heavy atom. The minimum atomic E-state index is -0.531. The molecular formula is C17H28N2O3. The number of amides is 1. The maximum absolute atomic E-state index is 12.0. The highest BCUT2D eigenvalue weighted by atomic mass is 16.5. The molecule has 0 heterocycles. The second-order valence-electron chi connectivity index (χ2n) is 5.62. The third kappa shape index (κ3) is 5.56. The highest BCUT2D eigenvalue weighted by molar-refractivity contribution is 5.95. The molecule has 5 heteroatoms. The zero-order valence-electron chi connectivity index (χ0n) is 14.0. The van der Waals surface area contributed by atoms with Crippen LogP contribution in [0.5, 0.6) is 11.5 Å². The third-order valence-corrected chi connectivity index (χ3v) is 3.16. The monoisotopic (exact) mass is 308 g/mol. The topological polar surface area (TPSA) is 73.6 Å². The smallest absolute Gasteiger partial charge is 0.241 e. The zero-order chi connectivity index (χ0) is 16.5. The van der Waals surface area contributed by atoms with E-state index in [1.807, 2.05) is 26.8 Å². The molecule has 5 nitrogen and oxygen atoms in total. The molecule has 22 heavy (non-hydrogen) atoms. The fraction of sp³-hybridized carbons (Fsp3) is 0.588. The molecule has 124 valence electrons. The van der Waals surface area contributed by atoms with E-state index in [0.717, 1.165) is 12.8 Å². The van der Waals surface area contributed by atoms with Gasteiger partial charge in [0, 0.05) is 11.8 Å². The summed E-state index contributed by atoms with van der Waals surface area (Å²) in [5.74, 6) is 1.23. The first-order chi connectivity index (χ1) is 10.5. The van der Waals surface area contributed by atoms with E-state index in [1.54, 1.807) is 12.1 Å². The van der Waals surface area contributed by atoms with Crippen molar-refractivity contribution in [2.24, 2.45) is 11.7 Å². The van der Waals surface area contributed by atoms with Gasteiger partial charge in [-0.15, -0.1) is 0 Å². The van der Waals surface area contributed by atoms with Crippen LogP contribution in [0.2, 0.25) is 0 Å². The fourth-order valence-corrected chi connectivity index (χ4v) is 1.77. The Morgan fingerprint density at radius 2 is 1.73 bits per heavy atom. The molecule has 0 bridgehead atoms. The first kappa shape index (κ1) is 18.3. The van der Waals surface area contributed by atoms with Gasteiger partial charge in [-0.1, -0.05) is 27.7 Å². The van der Waals surface area contributed by atoms with Crippen molar-refractivity contribution >= 4 is 11.6 Å². The van der Waals surface area contributed by atoms with Gasteiger partial charge in [-0.3, -0.25) is 4.79 Å². The molecule has 1 rings (SSSR count). The Morgan fingerprint density at radius 1 is 1.14 bits per heavy atom. The molecule has 1 amide bonds. The Labute approximate surface area is 133 Å². The van der Waals surface area contributed by atoms with Crippen LogP contribution in [-0.4, -0.2) is 25.2 Å². The van der Waals surface area contributed by atoms with Crippen molar-refractivity contribution in [2.75, 3.05) is 18.5 Å². The number of carbonyl (C=O) groups excluding carboxylic acids is 1. The highest BCUT2D eigenvalue weighted by Crippen LogP contribution is 2.31. The van der Waals surface area contributed by atoms with Crippen molar-refractivity contribution in [1.29, 1.82) is 0 Å². The van der Waals surface area contributed by atoms with Gasteiger partial charge in [-0.05, 0) is 30.9 Å². The molecule has 1 aromatic rings. The first-order valence-electron chi connectivity index (χ1n) is 7.95. The predicted molar refractivity (Wildman–Crippen MR) is 89.5 cm³/mol. The van der Waals surface area contributed by atoms with E-state index in [2.05, 4.69) is 12.2 Å². The summed E-state index contributed by atoms with van der Waals surface area (Å²) in [6.07, 6.45) is 1.83. The average Bonchev–Trinajstić information content (AvgIpc) is 2.50. The van der Waals surface area contributed by atoms with E-state index in [4.69, 9.17) is 15.2 Å². The van der Waals surface area contributed by atoms with Crippen LogP contribution in [0, 0.1) is 5.92 Å². The number of hydrogen-bond donors (Lipinski definition) is 2. The molecular weight excluding hydrogens is 280 g/mol. The van der Waals surface area contributed by atoms with Gasteiger partial charge in [0.15, 0.2) is 11.5 Å². The van der Waals surface area contributed by atoms with Crippen molar-refractivity contribution in [3.05, 3.63) is 18.2 Å². The van der Waals surface area contributed by atoms with Crippen LogP contribution in [0.3, 0.4) is 0 Å². The Hall–Kier alpha value is -1.75. The number of rotatable bonds is 9. The van der Waals surface area contributed by atoms with Crippen LogP contribution >= 0.6 is 0 Å². The van der Waals surface area contributed by atoms with Gasteiger partial charge in [0.05, 0.1) is 19.3 Å². The number of anilines is 1. The van der Waals surface area contributed by atoms with Crippen molar-refractivity contribution in [1.82, 2.24) is 0 Å². The van der Waals surface area contributed by atoms with Crippen LogP contribution in [0.1, 0.15) is 40.5 Å². The lowest BCUT2D eigenvalue weighted by molar-refractivity contribution is -0.118. The van der Waals surface area contributed by atoms with Crippen molar-refractivity contribution < 1.29 is 14.3 Å². The van der Waals surface area contributed by atoms with Gasteiger partial charge in [0.25, 0.3) is 0 Å². The fourth-order valence-electron chi connectivity index (χ4n) is 1.77. The molecule has 0 saturated carbocycles. The van der Waals surface area contributed by atoms with E-state index >= 15 is 0 Å². The van der Waals surface area contributed by atoms with Gasteiger partial charge in [-0.25, -0.2) is 0 Å². The van der Waals surface area contributed by atoms with E-state index in [0.29, 0.717) is 30.4 Å². The maximum atomic E-state index is 12.0. The Kier molecular flexibility index (Phi) is 7.74. The third-order valence-electron chi connectivity index (χ3n) is 3.16. The van der Waals surface area contributed by atoms with Crippen LogP contribution in [0.4, 0.5) is 5.69 Å². The lowest BCUT2D eigenvalue weighted by Gasteiger charge is -2.17. The van der Waals surface area contributed by atoms with Crippen molar-refractivity contribution in [3.8, 4) is 11.5 Å². The summed E-state index contributed by atoms with van der Waals surface area (Å²) < 4.78 is 11.4. The van der Waals surface area contributed by atoms with Gasteiger partial charge >= 0.3 is 0 Å². The molecule has 3 N–H and O–H groups in total. The molecule has 0 fully saturated rings. The summed E-state index contributed by atoms with van der Waals surface area (Å²) in [6.45, 7) is 9.16. The molecule has 1 aromatic carbocycles. The van der Waals surface area contributed by atoms with Crippen LogP contribution in [-0.2, 0) is 4.79 Å². The SMILES string of the molecule is CCCOc1ccc(NC(=O)[C@@H](N)C(C)C)cc1OCCC. The van der Waals surface area contributed by atoms with Crippen LogP contribution in [0.25, 0.3) is 0 Å². The molecule has 0 aliphatic rings. The largest absolute Gasteiger partial charge is 0.490 e. The molecule has 0 unspecified atom stereocenters. The normalized spacial score (nSPS) is 12.1. The molecule has 0 spiro atoms. The second-order valence-corrected chi connectivity index (χ2v) is 5.62. The number of benzene rings is 1. The number of nitrogens with one attached hydrogen (secondary N) is 1. The molecule has 0 saturated heterocycles. The van der Waals surface area contributed by atoms with Gasteiger partial charge in [0.2, 0.25) is 5.91 Å². The minimum Gasteiger partial charge on any atom is -0.490 e. The van der Waals surface area contributed by atoms with Crippen LogP contribution < -0.4 is 20.5 Å². The van der Waals surface area contributed by atoms with Crippen molar-refractivity contribution in [3.63, 3.8) is 0 Å². The predicted octanol–water partition coefficient (Wildman–Crippen LogP) is 3.19. The zero-order valence-corrected chi connectivity index (χ0v) is 14.0. The number of nitrogens with two attached hydrogens (primary N) is 1. The standard InChI is InChI=1S/C17H28N2O3/c1-5-9-21-14-8-7-13(11-15(14)22-10-6-2)19-17(20)16(18)12(3)4/h7-8,11-12,16H,5-6,9-10,18H2,1-4H3,(H,19,20)/t16-/m0/s1. The van der Waals surface area contributed by atoms with Gasteiger partial charge < -0.3 is 20.5 Å². The summed E-state index contributed by atoms with van der Waals surface area (Å²) >= 11 is 0. The Bertz CT molecular complexity index is 475. The first-order valence-corrected chi connectivity index (χ1v) is 7.95. The molecule has 0 radical (unpaired) electrons. The van der Waals surface area contributed by atoms with E-state index < -0.39 is 6.04 Å². The van der Waals surface area contributed by atoms with Crippen molar-refractivity contribution in [2.45, 2.75) is 46.6 Å². The molecule has 0 aliphatic carbocycles. The average molecular weight is 308 g/mol. The van der Waals surface area contributed by atoms with E-state index in [9.17, 15) is 4.79 Å². The summed E-state index contributed by atoms with van der Waals surface area (Å²) in [7, 11) is 0. The summed E-state index contributed by atoms with van der Waals surface area (Å²) in [6, 6.07) is 4.87. The molecule has 0 aliphatic heterocycles. The minimum absolute atomic E-state index is 0.0861. The maximum Gasteiger partial charge on any atom is 0.241 e. The van der Waals surface area contributed by atoms with E-state index in [-0.39, 0.29) is 11.8 Å². The highest BCUT2D eigenvalue weighted by Gasteiger charge is 2.18. The molecule has 1 atom stereocenters. The lowest BCUT2D eigenvalue weighted by Crippen LogP contribution is -2.39. The lowest BCUT2D eigenvalue weighted by atomic mass is 10.0. The second kappa shape index (κ2) is 9.30. The number of hydrogen-bond acceptors (Lipinski definition) is 4. The quantitative estimate of drug-likeness (QED) is 0.735. The number of ether oxygens (including phenoxy) is 2. The number of carbonyl (C=O) groups is 1. The molecule has 0 aromatic heterocycles. The van der Waals surface area contributed by atoms with E-state index in [1.165, 1.54) is 0 Å². The van der Waals surface area contributed by atoms with Crippen LogP contribution in [0.15, 0.2) is 18.2 Å². The van der Waals surface area contributed by atoms with Gasteiger partial charge in [0.1, 0.15) is 0 Å².